The van der Waals surface area contributed by atoms with Gasteiger partial charge in [-0.3, -0.25) is 14.5 Å². The molecule has 0 aliphatic carbocycles. The Kier molecular flexibility index (Phi) is 4.67. The molecule has 1 aromatic rings. The Hall–Kier alpha value is -2.24. The van der Waals surface area contributed by atoms with Crippen LogP contribution in [-0.4, -0.2) is 36.4 Å². The molecule has 1 heterocycles. The van der Waals surface area contributed by atoms with Gasteiger partial charge in [0.2, 0.25) is 5.91 Å². The monoisotopic (exact) mass is 291 g/mol. The molecule has 1 unspecified atom stereocenters. The number of nitrogens with two attached hydrogens (primary N) is 1. The van der Waals surface area contributed by atoms with Crippen LogP contribution in [0.1, 0.15) is 26.2 Å². The molecule has 0 saturated carbocycles. The van der Waals surface area contributed by atoms with Crippen molar-refractivity contribution in [2.24, 2.45) is 0 Å². The van der Waals surface area contributed by atoms with Crippen molar-refractivity contribution in [1.82, 2.24) is 4.90 Å². The van der Waals surface area contributed by atoms with E-state index in [1.165, 1.54) is 11.9 Å². The molecule has 21 heavy (non-hydrogen) atoms. The van der Waals surface area contributed by atoms with E-state index in [9.17, 15) is 9.59 Å². The van der Waals surface area contributed by atoms with Crippen molar-refractivity contribution < 1.29 is 14.3 Å². The zero-order valence-corrected chi connectivity index (χ0v) is 12.4. The fourth-order valence-electron chi connectivity index (χ4n) is 2.21. The van der Waals surface area contributed by atoms with Crippen molar-refractivity contribution in [3.05, 3.63) is 18.2 Å². The highest BCUT2D eigenvalue weighted by atomic mass is 16.5. The van der Waals surface area contributed by atoms with Crippen molar-refractivity contribution in [2.75, 3.05) is 24.7 Å². The third kappa shape index (κ3) is 3.45. The average Bonchev–Trinajstić information content (AvgIpc) is 2.48. The van der Waals surface area contributed by atoms with Crippen molar-refractivity contribution in [3.8, 4) is 5.75 Å². The summed E-state index contributed by atoms with van der Waals surface area (Å²) in [5, 5.41) is 3.15. The number of piperidine rings is 1. The molecule has 0 bridgehead atoms. The lowest BCUT2D eigenvalue weighted by molar-refractivity contribution is -0.146. The summed E-state index contributed by atoms with van der Waals surface area (Å²) in [4.78, 5) is 24.7. The number of likely N-dealkylation sites (N-methyl/N-ethyl adjacent to an activating group) is 1. The molecule has 2 amide bonds. The number of benzene rings is 1. The third-order valence-corrected chi connectivity index (χ3v) is 3.47. The number of ether oxygens (including phenoxy) is 1. The number of anilines is 2. The summed E-state index contributed by atoms with van der Waals surface area (Å²) in [6, 6.07) is 4.94. The first-order chi connectivity index (χ1) is 10.0. The lowest BCUT2D eigenvalue weighted by Gasteiger charge is -2.29. The summed E-state index contributed by atoms with van der Waals surface area (Å²) in [6.45, 7) is 2.61. The maximum absolute atomic E-state index is 12.1. The van der Waals surface area contributed by atoms with E-state index >= 15 is 0 Å². The third-order valence-electron chi connectivity index (χ3n) is 3.47. The van der Waals surface area contributed by atoms with Gasteiger partial charge in [0.1, 0.15) is 11.8 Å². The summed E-state index contributed by atoms with van der Waals surface area (Å²) < 4.78 is 5.57. The summed E-state index contributed by atoms with van der Waals surface area (Å²) in [5.41, 5.74) is 7.18. The van der Waals surface area contributed by atoms with Gasteiger partial charge in [0.05, 0.1) is 12.3 Å². The standard InChI is InChI=1S/C15H21N3O3/c1-3-8-21-13-9-10(4-5-11(13)16)17-12-6-7-14(19)18(2)15(12)20/h4-5,9,12,17H,3,6-8,16H2,1-2H3. The van der Waals surface area contributed by atoms with Crippen molar-refractivity contribution >= 4 is 23.2 Å². The van der Waals surface area contributed by atoms with E-state index in [-0.39, 0.29) is 11.8 Å². The summed E-state index contributed by atoms with van der Waals surface area (Å²) in [5.74, 6) is 0.260. The highest BCUT2D eigenvalue weighted by Gasteiger charge is 2.31. The Morgan fingerprint density at radius 1 is 1.43 bits per heavy atom. The second-order valence-corrected chi connectivity index (χ2v) is 5.13. The minimum absolute atomic E-state index is 0.137. The Morgan fingerprint density at radius 2 is 2.19 bits per heavy atom. The van der Waals surface area contributed by atoms with E-state index in [1.807, 2.05) is 6.92 Å². The van der Waals surface area contributed by atoms with Gasteiger partial charge in [0, 0.05) is 25.2 Å². The summed E-state index contributed by atoms with van der Waals surface area (Å²) >= 11 is 0. The molecule has 6 nitrogen and oxygen atoms in total. The molecule has 1 atom stereocenters. The van der Waals surface area contributed by atoms with Gasteiger partial charge >= 0.3 is 0 Å². The number of imide groups is 1. The molecule has 1 aliphatic rings. The first-order valence-corrected chi connectivity index (χ1v) is 7.12. The second kappa shape index (κ2) is 6.47. The van der Waals surface area contributed by atoms with Gasteiger partial charge in [-0.05, 0) is 25.0 Å². The smallest absolute Gasteiger partial charge is 0.251 e. The van der Waals surface area contributed by atoms with Crippen LogP contribution in [0.5, 0.6) is 5.75 Å². The van der Waals surface area contributed by atoms with Gasteiger partial charge in [-0.25, -0.2) is 0 Å². The van der Waals surface area contributed by atoms with E-state index in [0.717, 1.165) is 12.1 Å². The molecule has 1 fully saturated rings. The van der Waals surface area contributed by atoms with Gasteiger partial charge in [0.25, 0.3) is 5.91 Å². The molecule has 1 saturated heterocycles. The topological polar surface area (TPSA) is 84.7 Å². The zero-order valence-electron chi connectivity index (χ0n) is 12.4. The van der Waals surface area contributed by atoms with E-state index in [1.54, 1.807) is 18.2 Å². The number of nitrogens with zero attached hydrogens (tertiary/aromatic N) is 1. The van der Waals surface area contributed by atoms with Gasteiger partial charge in [-0.2, -0.15) is 0 Å². The highest BCUT2D eigenvalue weighted by Crippen LogP contribution is 2.27. The number of amides is 2. The minimum atomic E-state index is -0.393. The Labute approximate surface area is 124 Å². The fourth-order valence-corrected chi connectivity index (χ4v) is 2.21. The van der Waals surface area contributed by atoms with Crippen LogP contribution in [0.15, 0.2) is 18.2 Å². The van der Waals surface area contributed by atoms with Crippen LogP contribution in [0.2, 0.25) is 0 Å². The Balaban J connectivity index is 2.09. The van der Waals surface area contributed by atoms with Crippen LogP contribution in [0, 0.1) is 0 Å². The fraction of sp³-hybridized carbons (Fsp3) is 0.467. The van der Waals surface area contributed by atoms with Gasteiger partial charge < -0.3 is 15.8 Å². The molecular formula is C15H21N3O3. The number of hydrogen-bond donors (Lipinski definition) is 2. The van der Waals surface area contributed by atoms with E-state index in [4.69, 9.17) is 10.5 Å². The first kappa shape index (κ1) is 15.2. The molecule has 0 spiro atoms. The van der Waals surface area contributed by atoms with Gasteiger partial charge in [-0.15, -0.1) is 0 Å². The number of nitrogens with one attached hydrogen (secondary N) is 1. The van der Waals surface area contributed by atoms with Gasteiger partial charge in [-0.1, -0.05) is 6.92 Å². The largest absolute Gasteiger partial charge is 0.491 e. The lowest BCUT2D eigenvalue weighted by atomic mass is 10.0. The molecule has 0 radical (unpaired) electrons. The minimum Gasteiger partial charge on any atom is -0.491 e. The lowest BCUT2D eigenvalue weighted by Crippen LogP contribution is -2.48. The number of nitrogen functional groups attached to an aromatic ring is 1. The molecule has 0 aromatic heterocycles. The summed E-state index contributed by atoms with van der Waals surface area (Å²) in [7, 11) is 1.51. The highest BCUT2D eigenvalue weighted by molar-refractivity contribution is 6.01. The number of carbonyl (C=O) groups is 2. The molecule has 114 valence electrons. The number of rotatable bonds is 5. The molecule has 3 N–H and O–H groups in total. The zero-order chi connectivity index (χ0) is 15.4. The predicted octanol–water partition coefficient (Wildman–Crippen LogP) is 1.62. The maximum Gasteiger partial charge on any atom is 0.251 e. The number of carbonyl (C=O) groups excluding carboxylic acids is 2. The summed E-state index contributed by atoms with van der Waals surface area (Å²) in [6.07, 6.45) is 1.76. The van der Waals surface area contributed by atoms with Crippen LogP contribution in [-0.2, 0) is 9.59 Å². The van der Waals surface area contributed by atoms with Crippen LogP contribution in [0.3, 0.4) is 0 Å². The van der Waals surface area contributed by atoms with Crippen molar-refractivity contribution in [2.45, 2.75) is 32.2 Å². The first-order valence-electron chi connectivity index (χ1n) is 7.12. The molecular weight excluding hydrogens is 270 g/mol. The Bertz CT molecular complexity index is 545. The quantitative estimate of drug-likeness (QED) is 0.636. The number of likely N-dealkylation sites (tertiary alicyclic amines) is 1. The van der Waals surface area contributed by atoms with Crippen molar-refractivity contribution in [3.63, 3.8) is 0 Å². The normalized spacial score (nSPS) is 18.8. The maximum atomic E-state index is 12.1. The van der Waals surface area contributed by atoms with Crippen LogP contribution < -0.4 is 15.8 Å². The van der Waals surface area contributed by atoms with Crippen LogP contribution >= 0.6 is 0 Å². The molecule has 1 aromatic carbocycles. The van der Waals surface area contributed by atoms with E-state index in [0.29, 0.717) is 30.9 Å². The van der Waals surface area contributed by atoms with Crippen LogP contribution in [0.4, 0.5) is 11.4 Å². The molecule has 2 rings (SSSR count). The second-order valence-electron chi connectivity index (χ2n) is 5.13. The van der Waals surface area contributed by atoms with Crippen molar-refractivity contribution in [1.29, 1.82) is 0 Å². The SMILES string of the molecule is CCCOc1cc(NC2CCC(=O)N(C)C2=O)ccc1N. The van der Waals surface area contributed by atoms with E-state index in [2.05, 4.69) is 5.32 Å². The van der Waals surface area contributed by atoms with Crippen LogP contribution in [0.25, 0.3) is 0 Å². The number of hydrogen-bond acceptors (Lipinski definition) is 5. The predicted molar refractivity (Wildman–Crippen MR) is 81.1 cm³/mol. The van der Waals surface area contributed by atoms with Gasteiger partial charge in [0.15, 0.2) is 0 Å². The Morgan fingerprint density at radius 3 is 2.90 bits per heavy atom. The molecule has 6 heteroatoms. The van der Waals surface area contributed by atoms with E-state index < -0.39 is 6.04 Å². The average molecular weight is 291 g/mol. The molecule has 1 aliphatic heterocycles.